The van der Waals surface area contributed by atoms with E-state index in [1.54, 1.807) is 45.2 Å². The van der Waals surface area contributed by atoms with Crippen molar-refractivity contribution in [2.45, 2.75) is 33.0 Å². The van der Waals surface area contributed by atoms with Gasteiger partial charge < -0.3 is 10.1 Å². The highest BCUT2D eigenvalue weighted by molar-refractivity contribution is 5.92. The van der Waals surface area contributed by atoms with Crippen LogP contribution in [0.15, 0.2) is 33.9 Å². The molecule has 2 heterocycles. The van der Waals surface area contributed by atoms with Crippen LogP contribution in [0.5, 0.6) is 5.75 Å². The quantitative estimate of drug-likeness (QED) is 0.874. The van der Waals surface area contributed by atoms with Gasteiger partial charge >= 0.3 is 11.7 Å². The molecule has 25 heavy (non-hydrogen) atoms. The topological polar surface area (TPSA) is 94.4 Å². The minimum Gasteiger partial charge on any atom is -0.497 e. The minimum atomic E-state index is -0.640. The first kappa shape index (κ1) is 16.8. The normalized spacial score (nSPS) is 16.0. The van der Waals surface area contributed by atoms with Crippen molar-refractivity contribution in [1.29, 1.82) is 0 Å². The fourth-order valence-corrected chi connectivity index (χ4v) is 3.08. The van der Waals surface area contributed by atoms with E-state index in [4.69, 9.17) is 4.74 Å². The number of carbonyl (C=O) groups is 1. The van der Waals surface area contributed by atoms with E-state index in [1.807, 2.05) is 0 Å². The van der Waals surface area contributed by atoms with Gasteiger partial charge in [0.25, 0.3) is 5.56 Å². The predicted octanol–water partition coefficient (Wildman–Crippen LogP) is 1.28. The fraction of sp³-hybridized carbons (Fsp3) is 0.353. The van der Waals surface area contributed by atoms with Crippen molar-refractivity contribution in [1.82, 2.24) is 14.5 Å². The van der Waals surface area contributed by atoms with E-state index >= 15 is 0 Å². The molecule has 2 aromatic rings. The number of aromatic nitrogens is 2. The molecule has 1 unspecified atom stereocenters. The first-order chi connectivity index (χ1) is 12.0. The van der Waals surface area contributed by atoms with Gasteiger partial charge in [-0.1, -0.05) is 12.1 Å². The highest BCUT2D eigenvalue weighted by atomic mass is 16.5. The molecule has 0 radical (unpaired) electrons. The number of urea groups is 1. The summed E-state index contributed by atoms with van der Waals surface area (Å²) in [4.78, 5) is 37.5. The molecule has 8 heteroatoms. The summed E-state index contributed by atoms with van der Waals surface area (Å²) >= 11 is 0. The largest absolute Gasteiger partial charge is 0.497 e. The van der Waals surface area contributed by atoms with Crippen molar-refractivity contribution in [3.8, 4) is 5.75 Å². The SMILES string of the molecule is CCn1c2c(c(=O)n(CC)c1=O)C(c1ccc(OC)cc1)NC(=O)N2. The molecule has 1 aliphatic rings. The van der Waals surface area contributed by atoms with Crippen LogP contribution >= 0.6 is 0 Å². The summed E-state index contributed by atoms with van der Waals surface area (Å²) in [6.07, 6.45) is 0. The maximum absolute atomic E-state index is 12.9. The van der Waals surface area contributed by atoms with Crippen LogP contribution in [0.25, 0.3) is 0 Å². The Balaban J connectivity index is 2.27. The molecule has 0 saturated carbocycles. The van der Waals surface area contributed by atoms with E-state index < -0.39 is 23.3 Å². The number of anilines is 1. The summed E-state index contributed by atoms with van der Waals surface area (Å²) in [5, 5.41) is 5.38. The molecule has 1 aliphatic heterocycles. The van der Waals surface area contributed by atoms with E-state index in [2.05, 4.69) is 10.6 Å². The molecule has 0 fully saturated rings. The number of fused-ring (bicyclic) bond motifs is 1. The third kappa shape index (κ3) is 2.69. The summed E-state index contributed by atoms with van der Waals surface area (Å²) in [6, 6.07) is 6.00. The molecule has 1 aromatic heterocycles. The number of methoxy groups -OCH3 is 1. The second kappa shape index (κ2) is 6.46. The Morgan fingerprint density at radius 1 is 1.04 bits per heavy atom. The monoisotopic (exact) mass is 344 g/mol. The summed E-state index contributed by atoms with van der Waals surface area (Å²) in [5.41, 5.74) is 0.260. The van der Waals surface area contributed by atoms with Crippen molar-refractivity contribution in [3.05, 3.63) is 56.2 Å². The highest BCUT2D eigenvalue weighted by Crippen LogP contribution is 2.29. The standard InChI is InChI=1S/C17H20N4O4/c1-4-20-14-12(15(22)21(5-2)17(20)24)13(18-16(23)19-14)10-6-8-11(25-3)9-7-10/h6-9,13H,4-5H2,1-3H3,(H2,18,19,23). The molecule has 2 amide bonds. The van der Waals surface area contributed by atoms with Crippen LogP contribution in [0.4, 0.5) is 10.6 Å². The molecule has 0 bridgehead atoms. The van der Waals surface area contributed by atoms with Gasteiger partial charge in [-0.05, 0) is 31.5 Å². The molecule has 1 aromatic carbocycles. The third-order valence-corrected chi connectivity index (χ3v) is 4.34. The summed E-state index contributed by atoms with van der Waals surface area (Å²) in [5.74, 6) is 0.931. The Bertz CT molecular complexity index is 927. The average molecular weight is 344 g/mol. The lowest BCUT2D eigenvalue weighted by atomic mass is 9.98. The van der Waals surface area contributed by atoms with Crippen LogP contribution in [0.1, 0.15) is 31.0 Å². The predicted molar refractivity (Wildman–Crippen MR) is 93.3 cm³/mol. The first-order valence-corrected chi connectivity index (χ1v) is 8.10. The Morgan fingerprint density at radius 3 is 2.24 bits per heavy atom. The van der Waals surface area contributed by atoms with Crippen molar-refractivity contribution in [2.75, 3.05) is 12.4 Å². The number of hydrogen-bond donors (Lipinski definition) is 2. The summed E-state index contributed by atoms with van der Waals surface area (Å²) in [6.45, 7) is 4.14. The zero-order chi connectivity index (χ0) is 18.1. The maximum Gasteiger partial charge on any atom is 0.332 e. The number of hydrogen-bond acceptors (Lipinski definition) is 4. The number of ether oxygens (including phenoxy) is 1. The number of benzene rings is 1. The fourth-order valence-electron chi connectivity index (χ4n) is 3.08. The van der Waals surface area contributed by atoms with Gasteiger partial charge in [0.2, 0.25) is 0 Å². The molecular formula is C17H20N4O4. The van der Waals surface area contributed by atoms with Crippen LogP contribution in [-0.4, -0.2) is 22.3 Å². The lowest BCUT2D eigenvalue weighted by Crippen LogP contribution is -2.50. The first-order valence-electron chi connectivity index (χ1n) is 8.10. The summed E-state index contributed by atoms with van der Waals surface area (Å²) < 4.78 is 7.74. The Labute approximate surface area is 144 Å². The van der Waals surface area contributed by atoms with Crippen molar-refractivity contribution < 1.29 is 9.53 Å². The van der Waals surface area contributed by atoms with Gasteiger partial charge in [-0.2, -0.15) is 0 Å². The van der Waals surface area contributed by atoms with E-state index in [1.165, 1.54) is 9.13 Å². The number of rotatable bonds is 4. The molecular weight excluding hydrogens is 324 g/mol. The Kier molecular flexibility index (Phi) is 4.35. The number of amides is 2. The van der Waals surface area contributed by atoms with E-state index in [0.29, 0.717) is 17.9 Å². The zero-order valence-corrected chi connectivity index (χ0v) is 14.3. The lowest BCUT2D eigenvalue weighted by Gasteiger charge is -2.29. The van der Waals surface area contributed by atoms with Gasteiger partial charge in [0, 0.05) is 13.1 Å². The van der Waals surface area contributed by atoms with Gasteiger partial charge in [0.1, 0.15) is 11.6 Å². The van der Waals surface area contributed by atoms with Crippen molar-refractivity contribution >= 4 is 11.8 Å². The van der Waals surface area contributed by atoms with Gasteiger partial charge in [-0.3, -0.25) is 19.2 Å². The second-order valence-corrected chi connectivity index (χ2v) is 5.64. The van der Waals surface area contributed by atoms with E-state index in [9.17, 15) is 14.4 Å². The van der Waals surface area contributed by atoms with Crippen LogP contribution in [0.3, 0.4) is 0 Å². The van der Waals surface area contributed by atoms with Gasteiger partial charge in [-0.15, -0.1) is 0 Å². The van der Waals surface area contributed by atoms with Crippen LogP contribution in [-0.2, 0) is 13.1 Å². The average Bonchev–Trinajstić information content (AvgIpc) is 2.61. The smallest absolute Gasteiger partial charge is 0.332 e. The number of carbonyl (C=O) groups excluding carboxylic acids is 1. The molecule has 2 N–H and O–H groups in total. The number of nitrogens with one attached hydrogen (secondary N) is 2. The molecule has 132 valence electrons. The second-order valence-electron chi connectivity index (χ2n) is 5.64. The third-order valence-electron chi connectivity index (χ3n) is 4.34. The lowest BCUT2D eigenvalue weighted by molar-refractivity contribution is 0.248. The maximum atomic E-state index is 12.9. The van der Waals surface area contributed by atoms with Gasteiger partial charge in [-0.25, -0.2) is 9.59 Å². The Morgan fingerprint density at radius 2 is 1.68 bits per heavy atom. The van der Waals surface area contributed by atoms with Gasteiger partial charge in [0.15, 0.2) is 0 Å². The van der Waals surface area contributed by atoms with Crippen LogP contribution in [0, 0.1) is 0 Å². The number of nitrogens with zero attached hydrogens (tertiary/aromatic N) is 2. The molecule has 0 aliphatic carbocycles. The highest BCUT2D eigenvalue weighted by Gasteiger charge is 2.32. The molecule has 8 nitrogen and oxygen atoms in total. The van der Waals surface area contributed by atoms with E-state index in [-0.39, 0.29) is 12.4 Å². The van der Waals surface area contributed by atoms with Crippen molar-refractivity contribution in [2.24, 2.45) is 0 Å². The Hall–Kier alpha value is -3.03. The molecule has 0 saturated heterocycles. The molecule has 3 rings (SSSR count). The molecule has 1 atom stereocenters. The van der Waals surface area contributed by atoms with Crippen molar-refractivity contribution in [3.63, 3.8) is 0 Å². The van der Waals surface area contributed by atoms with Crippen LogP contribution in [0.2, 0.25) is 0 Å². The minimum absolute atomic E-state index is 0.256. The van der Waals surface area contributed by atoms with Gasteiger partial charge in [0.05, 0.1) is 18.7 Å². The zero-order valence-electron chi connectivity index (χ0n) is 14.3. The summed E-state index contributed by atoms with van der Waals surface area (Å²) in [7, 11) is 1.57. The van der Waals surface area contributed by atoms with Crippen LogP contribution < -0.4 is 26.6 Å². The van der Waals surface area contributed by atoms with E-state index in [0.717, 1.165) is 5.56 Å². The molecule has 0 spiro atoms.